The molecule has 7 nitrogen and oxygen atoms in total. The number of nitrogens with one attached hydrogen (secondary N) is 1. The summed E-state index contributed by atoms with van der Waals surface area (Å²) in [6, 6.07) is 2.36. The minimum absolute atomic E-state index is 0.00501. The van der Waals surface area contributed by atoms with Crippen LogP contribution in [0.5, 0.6) is 0 Å². The first-order valence-electron chi connectivity index (χ1n) is 6.11. The molecule has 0 amide bonds. The van der Waals surface area contributed by atoms with E-state index in [0.29, 0.717) is 6.54 Å². The zero-order chi connectivity index (χ0) is 15.8. The van der Waals surface area contributed by atoms with Crippen molar-refractivity contribution in [1.29, 1.82) is 0 Å². The topological polar surface area (TPSA) is 92.5 Å². The maximum absolute atomic E-state index is 12.6. The first kappa shape index (κ1) is 16.4. The minimum atomic E-state index is -3.90. The van der Waals surface area contributed by atoms with Crippen LogP contribution in [0.2, 0.25) is 10.0 Å². The van der Waals surface area contributed by atoms with Crippen LogP contribution in [0.4, 0.5) is 5.69 Å². The summed E-state index contributed by atoms with van der Waals surface area (Å²) in [7, 11) is -3.90. The fraction of sp³-hybridized carbons (Fsp3) is 0.455. The van der Waals surface area contributed by atoms with E-state index in [1.807, 2.05) is 6.92 Å². The molecule has 2 rings (SSSR count). The van der Waals surface area contributed by atoms with Gasteiger partial charge in [-0.25, -0.2) is 8.42 Å². The molecule has 10 heteroatoms. The van der Waals surface area contributed by atoms with E-state index in [-0.39, 0.29) is 29.0 Å². The van der Waals surface area contributed by atoms with Gasteiger partial charge in [0.05, 0.1) is 4.92 Å². The van der Waals surface area contributed by atoms with Gasteiger partial charge in [-0.05, 0) is 19.1 Å². The van der Waals surface area contributed by atoms with Gasteiger partial charge in [-0.1, -0.05) is 23.2 Å². The Balaban J connectivity index is 2.50. The summed E-state index contributed by atoms with van der Waals surface area (Å²) >= 11 is 11.6. The van der Waals surface area contributed by atoms with Crippen LogP contribution in [0.3, 0.4) is 0 Å². The van der Waals surface area contributed by atoms with E-state index in [1.165, 1.54) is 16.4 Å². The van der Waals surface area contributed by atoms with E-state index in [0.717, 1.165) is 0 Å². The number of rotatable bonds is 3. The Morgan fingerprint density at radius 2 is 2.10 bits per heavy atom. The van der Waals surface area contributed by atoms with Crippen molar-refractivity contribution >= 4 is 38.9 Å². The lowest BCUT2D eigenvalue weighted by molar-refractivity contribution is -0.384. The Kier molecular flexibility index (Phi) is 4.74. The van der Waals surface area contributed by atoms with Gasteiger partial charge < -0.3 is 5.32 Å². The van der Waals surface area contributed by atoms with E-state index in [4.69, 9.17) is 23.2 Å². The Morgan fingerprint density at radius 1 is 1.43 bits per heavy atom. The monoisotopic (exact) mass is 353 g/mol. The molecule has 1 aromatic carbocycles. The summed E-state index contributed by atoms with van der Waals surface area (Å²) in [5.74, 6) is 0. The summed E-state index contributed by atoms with van der Waals surface area (Å²) in [5.41, 5.74) is -0.595. The molecule has 1 aliphatic heterocycles. The largest absolute Gasteiger partial charge is 0.312 e. The standard InChI is InChI=1S/C11H13Cl2N3O4S/c1-7-6-15(5-4-14-7)21(19,20)9-3-2-8(12)11(10(9)13)16(17)18/h2-3,7,14H,4-6H2,1H3/t7-/m0/s1. The highest BCUT2D eigenvalue weighted by Crippen LogP contribution is 2.38. The van der Waals surface area contributed by atoms with Crippen molar-refractivity contribution in [2.24, 2.45) is 0 Å². The van der Waals surface area contributed by atoms with Gasteiger partial charge >= 0.3 is 5.69 Å². The predicted molar refractivity (Wildman–Crippen MR) is 79.3 cm³/mol. The molecule has 0 aromatic heterocycles. The number of benzene rings is 1. The molecule has 1 fully saturated rings. The maximum atomic E-state index is 12.6. The predicted octanol–water partition coefficient (Wildman–Crippen LogP) is 1.88. The van der Waals surface area contributed by atoms with Crippen molar-refractivity contribution in [2.75, 3.05) is 19.6 Å². The molecule has 0 bridgehead atoms. The summed E-state index contributed by atoms with van der Waals surface area (Å²) in [6.07, 6.45) is 0. The Labute approximate surface area is 132 Å². The third kappa shape index (κ3) is 3.14. The second kappa shape index (κ2) is 6.05. The number of nitrogens with zero attached hydrogens (tertiary/aromatic N) is 2. The Bertz CT molecular complexity index is 680. The van der Waals surface area contributed by atoms with Crippen LogP contribution in [0, 0.1) is 10.1 Å². The van der Waals surface area contributed by atoms with E-state index < -0.39 is 25.7 Å². The number of halogens is 2. The van der Waals surface area contributed by atoms with Crippen LogP contribution >= 0.6 is 23.2 Å². The van der Waals surface area contributed by atoms with Crippen molar-refractivity contribution < 1.29 is 13.3 Å². The van der Waals surface area contributed by atoms with Crippen LogP contribution in [0.15, 0.2) is 17.0 Å². The van der Waals surface area contributed by atoms with E-state index in [2.05, 4.69) is 5.32 Å². The SMILES string of the molecule is C[C@H]1CN(S(=O)(=O)c2ccc(Cl)c([N+](=O)[O-])c2Cl)CCN1. The van der Waals surface area contributed by atoms with Crippen LogP contribution in [0.25, 0.3) is 0 Å². The van der Waals surface area contributed by atoms with Crippen LogP contribution in [-0.2, 0) is 10.0 Å². The molecule has 0 saturated carbocycles. The molecule has 1 atom stereocenters. The number of sulfonamides is 1. The molecule has 21 heavy (non-hydrogen) atoms. The van der Waals surface area contributed by atoms with Crippen molar-refractivity contribution in [1.82, 2.24) is 9.62 Å². The van der Waals surface area contributed by atoms with Crippen molar-refractivity contribution in [2.45, 2.75) is 17.9 Å². The average Bonchev–Trinajstić information content (AvgIpc) is 2.37. The van der Waals surface area contributed by atoms with Crippen molar-refractivity contribution in [3.8, 4) is 0 Å². The third-order valence-electron chi connectivity index (χ3n) is 3.16. The average molecular weight is 354 g/mol. The molecule has 1 N–H and O–H groups in total. The number of piperazine rings is 1. The summed E-state index contributed by atoms with van der Waals surface area (Å²) in [4.78, 5) is 9.88. The molecule has 0 aliphatic carbocycles. The molecule has 0 unspecified atom stereocenters. The first-order chi connectivity index (χ1) is 9.75. The molecule has 116 valence electrons. The van der Waals surface area contributed by atoms with Gasteiger partial charge in [0.1, 0.15) is 14.9 Å². The Morgan fingerprint density at radius 3 is 2.67 bits per heavy atom. The van der Waals surface area contributed by atoms with Crippen LogP contribution < -0.4 is 5.32 Å². The van der Waals surface area contributed by atoms with Crippen molar-refractivity contribution in [3.63, 3.8) is 0 Å². The molecule has 1 aromatic rings. The van der Waals surface area contributed by atoms with Gasteiger partial charge in [0.25, 0.3) is 0 Å². The third-order valence-corrected chi connectivity index (χ3v) is 5.87. The lowest BCUT2D eigenvalue weighted by atomic mass is 10.3. The fourth-order valence-electron chi connectivity index (χ4n) is 2.14. The fourth-order valence-corrected chi connectivity index (χ4v) is 4.54. The molecule has 1 heterocycles. The molecule has 1 saturated heterocycles. The molecular weight excluding hydrogens is 341 g/mol. The van der Waals surface area contributed by atoms with Crippen molar-refractivity contribution in [3.05, 3.63) is 32.3 Å². The minimum Gasteiger partial charge on any atom is -0.312 e. The molecule has 0 spiro atoms. The highest BCUT2D eigenvalue weighted by Gasteiger charge is 2.33. The molecular formula is C11H13Cl2N3O4S. The number of nitro benzene ring substituents is 1. The van der Waals surface area contributed by atoms with Crippen LogP contribution in [0.1, 0.15) is 6.92 Å². The zero-order valence-electron chi connectivity index (χ0n) is 11.0. The lowest BCUT2D eigenvalue weighted by Crippen LogP contribution is -2.51. The highest BCUT2D eigenvalue weighted by atomic mass is 35.5. The first-order valence-corrected chi connectivity index (χ1v) is 8.30. The smallest absolute Gasteiger partial charge is 0.307 e. The molecule has 1 aliphatic rings. The highest BCUT2D eigenvalue weighted by molar-refractivity contribution is 7.89. The zero-order valence-corrected chi connectivity index (χ0v) is 13.4. The van der Waals surface area contributed by atoms with Gasteiger partial charge in [-0.2, -0.15) is 4.31 Å². The van der Waals surface area contributed by atoms with E-state index in [9.17, 15) is 18.5 Å². The summed E-state index contributed by atoms with van der Waals surface area (Å²) in [5, 5.41) is 13.4. The Hall–Kier alpha value is -0.930. The number of hydrogen-bond donors (Lipinski definition) is 1. The maximum Gasteiger partial charge on any atom is 0.307 e. The number of nitro groups is 1. The van der Waals surface area contributed by atoms with Gasteiger partial charge in [0.15, 0.2) is 0 Å². The summed E-state index contributed by atoms with van der Waals surface area (Å²) in [6.45, 7) is 2.91. The number of hydrogen-bond acceptors (Lipinski definition) is 5. The van der Waals surface area contributed by atoms with Gasteiger partial charge in [0.2, 0.25) is 10.0 Å². The van der Waals surface area contributed by atoms with Gasteiger partial charge in [-0.15, -0.1) is 0 Å². The molecule has 0 radical (unpaired) electrons. The van der Waals surface area contributed by atoms with E-state index >= 15 is 0 Å². The quantitative estimate of drug-likeness (QED) is 0.661. The van der Waals surface area contributed by atoms with Gasteiger partial charge in [-0.3, -0.25) is 10.1 Å². The second-order valence-electron chi connectivity index (χ2n) is 4.68. The lowest BCUT2D eigenvalue weighted by Gasteiger charge is -2.31. The summed E-state index contributed by atoms with van der Waals surface area (Å²) < 4.78 is 26.4. The second-order valence-corrected chi connectivity index (χ2v) is 7.37. The van der Waals surface area contributed by atoms with E-state index in [1.54, 1.807) is 0 Å². The van der Waals surface area contributed by atoms with Gasteiger partial charge in [0, 0.05) is 25.7 Å². The normalized spacial score (nSPS) is 20.4. The van der Waals surface area contributed by atoms with Crippen LogP contribution in [-0.4, -0.2) is 43.3 Å².